The minimum atomic E-state index is 0.711. The number of hydrogen-bond donors (Lipinski definition) is 0. The largest absolute Gasteiger partial charge is 0.0993 e. The second-order valence-electron chi connectivity index (χ2n) is 4.16. The molecule has 0 aliphatic heterocycles. The Balaban J connectivity index is 4.09. The Morgan fingerprint density at radius 2 is 1.54 bits per heavy atom. The van der Waals surface area contributed by atoms with Crippen molar-refractivity contribution < 1.29 is 0 Å². The van der Waals surface area contributed by atoms with Gasteiger partial charge in [-0.25, -0.2) is 0 Å². The van der Waals surface area contributed by atoms with Crippen LogP contribution in [0.15, 0.2) is 12.2 Å². The molecule has 0 heteroatoms. The van der Waals surface area contributed by atoms with Gasteiger partial charge in [0.25, 0.3) is 0 Å². The minimum absolute atomic E-state index is 0.711. The van der Waals surface area contributed by atoms with Crippen molar-refractivity contribution in [2.75, 3.05) is 0 Å². The number of rotatable bonds is 7. The highest BCUT2D eigenvalue weighted by atomic mass is 14.2. The number of allylic oxidation sites excluding steroid dienone is 1. The van der Waals surface area contributed by atoms with E-state index in [1.165, 1.54) is 37.7 Å². The molecule has 0 radical (unpaired) electrons. The molecule has 0 nitrogen and oxygen atoms in total. The average Bonchev–Trinajstić information content (AvgIpc) is 2.15. The van der Waals surface area contributed by atoms with E-state index in [0.717, 1.165) is 5.92 Å². The molecule has 0 saturated heterocycles. The molecule has 0 rings (SSSR count). The standard InChI is InChI=1S/C13H26/c1-6-9-13(10-7-2)12(5)11(4)8-3/h11,13H,5-10H2,1-4H3. The second-order valence-corrected chi connectivity index (χ2v) is 4.16. The lowest BCUT2D eigenvalue weighted by atomic mass is 9.83. The molecule has 0 N–H and O–H groups in total. The predicted octanol–water partition coefficient (Wildman–Crippen LogP) is 4.81. The molecule has 13 heavy (non-hydrogen) atoms. The van der Waals surface area contributed by atoms with Gasteiger partial charge in [0.05, 0.1) is 0 Å². The van der Waals surface area contributed by atoms with E-state index in [4.69, 9.17) is 0 Å². The van der Waals surface area contributed by atoms with Crippen LogP contribution in [0.25, 0.3) is 0 Å². The van der Waals surface area contributed by atoms with E-state index >= 15 is 0 Å². The lowest BCUT2D eigenvalue weighted by molar-refractivity contribution is 0.449. The Morgan fingerprint density at radius 1 is 1.08 bits per heavy atom. The van der Waals surface area contributed by atoms with Crippen LogP contribution < -0.4 is 0 Å². The summed E-state index contributed by atoms with van der Waals surface area (Å²) in [5, 5.41) is 0. The molecule has 0 aromatic carbocycles. The summed E-state index contributed by atoms with van der Waals surface area (Å²) < 4.78 is 0. The Labute approximate surface area is 84.4 Å². The van der Waals surface area contributed by atoms with Crippen LogP contribution in [0.3, 0.4) is 0 Å². The molecule has 0 aliphatic carbocycles. The van der Waals surface area contributed by atoms with Gasteiger partial charge in [0.15, 0.2) is 0 Å². The summed E-state index contributed by atoms with van der Waals surface area (Å²) in [6, 6.07) is 0. The Morgan fingerprint density at radius 3 is 1.85 bits per heavy atom. The van der Waals surface area contributed by atoms with Gasteiger partial charge in [-0.1, -0.05) is 52.7 Å². The van der Waals surface area contributed by atoms with Crippen LogP contribution in [-0.4, -0.2) is 0 Å². The van der Waals surface area contributed by atoms with Gasteiger partial charge in [0.1, 0.15) is 0 Å². The van der Waals surface area contributed by atoms with E-state index < -0.39 is 0 Å². The lowest BCUT2D eigenvalue weighted by Gasteiger charge is -2.22. The molecule has 0 heterocycles. The molecule has 1 atom stereocenters. The van der Waals surface area contributed by atoms with Gasteiger partial charge < -0.3 is 0 Å². The Bertz CT molecular complexity index is 129. The maximum Gasteiger partial charge on any atom is -0.0203 e. The van der Waals surface area contributed by atoms with Gasteiger partial charge in [-0.2, -0.15) is 0 Å². The zero-order chi connectivity index (χ0) is 10.3. The van der Waals surface area contributed by atoms with Crippen molar-refractivity contribution in [3.05, 3.63) is 12.2 Å². The fourth-order valence-electron chi connectivity index (χ4n) is 1.88. The topological polar surface area (TPSA) is 0 Å². The first-order chi connectivity index (χ1) is 6.17. The molecule has 0 fully saturated rings. The molecule has 0 aliphatic rings. The van der Waals surface area contributed by atoms with Crippen LogP contribution in [-0.2, 0) is 0 Å². The second kappa shape index (κ2) is 7.17. The van der Waals surface area contributed by atoms with E-state index in [0.29, 0.717) is 5.92 Å². The smallest absolute Gasteiger partial charge is 0.0203 e. The van der Waals surface area contributed by atoms with Crippen molar-refractivity contribution in [1.82, 2.24) is 0 Å². The predicted molar refractivity (Wildman–Crippen MR) is 61.9 cm³/mol. The Hall–Kier alpha value is -0.260. The first-order valence-electron chi connectivity index (χ1n) is 5.85. The summed E-state index contributed by atoms with van der Waals surface area (Å²) in [7, 11) is 0. The zero-order valence-electron chi connectivity index (χ0n) is 9.90. The van der Waals surface area contributed by atoms with Gasteiger partial charge in [-0.05, 0) is 31.1 Å². The Kier molecular flexibility index (Phi) is 7.03. The van der Waals surface area contributed by atoms with E-state index in [1.807, 2.05) is 0 Å². The van der Waals surface area contributed by atoms with Crippen LogP contribution in [0, 0.1) is 11.8 Å². The molecule has 0 bridgehead atoms. The van der Waals surface area contributed by atoms with Crippen LogP contribution in [0.5, 0.6) is 0 Å². The highest BCUT2D eigenvalue weighted by Gasteiger charge is 2.14. The van der Waals surface area contributed by atoms with Crippen molar-refractivity contribution in [2.24, 2.45) is 11.8 Å². The first kappa shape index (κ1) is 12.7. The summed E-state index contributed by atoms with van der Waals surface area (Å²) in [6.45, 7) is 13.4. The van der Waals surface area contributed by atoms with E-state index in [-0.39, 0.29) is 0 Å². The molecule has 1 unspecified atom stereocenters. The molecule has 0 spiro atoms. The summed E-state index contributed by atoms with van der Waals surface area (Å²) in [5.74, 6) is 1.49. The first-order valence-corrected chi connectivity index (χ1v) is 5.85. The van der Waals surface area contributed by atoms with Crippen LogP contribution in [0.2, 0.25) is 0 Å². The summed E-state index contributed by atoms with van der Waals surface area (Å²) in [5.41, 5.74) is 1.49. The quantitative estimate of drug-likeness (QED) is 0.496. The molecule has 0 saturated carbocycles. The number of hydrogen-bond acceptors (Lipinski definition) is 0. The average molecular weight is 182 g/mol. The monoisotopic (exact) mass is 182 g/mol. The third-order valence-corrected chi connectivity index (χ3v) is 3.04. The van der Waals surface area contributed by atoms with E-state index in [2.05, 4.69) is 34.3 Å². The van der Waals surface area contributed by atoms with Gasteiger partial charge in [-0.3, -0.25) is 0 Å². The summed E-state index contributed by atoms with van der Waals surface area (Å²) >= 11 is 0. The van der Waals surface area contributed by atoms with E-state index in [9.17, 15) is 0 Å². The minimum Gasteiger partial charge on any atom is -0.0993 e. The van der Waals surface area contributed by atoms with Crippen molar-refractivity contribution >= 4 is 0 Å². The van der Waals surface area contributed by atoms with Gasteiger partial charge in [0, 0.05) is 0 Å². The van der Waals surface area contributed by atoms with Gasteiger partial charge in [-0.15, -0.1) is 0 Å². The molecule has 0 aromatic rings. The van der Waals surface area contributed by atoms with Crippen LogP contribution >= 0.6 is 0 Å². The van der Waals surface area contributed by atoms with Gasteiger partial charge in [0.2, 0.25) is 0 Å². The molecule has 0 amide bonds. The fourth-order valence-corrected chi connectivity index (χ4v) is 1.88. The third kappa shape index (κ3) is 4.50. The van der Waals surface area contributed by atoms with Crippen molar-refractivity contribution in [1.29, 1.82) is 0 Å². The van der Waals surface area contributed by atoms with Crippen molar-refractivity contribution in [3.8, 4) is 0 Å². The molecular formula is C13H26. The highest BCUT2D eigenvalue weighted by molar-refractivity contribution is 5.04. The van der Waals surface area contributed by atoms with Gasteiger partial charge >= 0.3 is 0 Å². The maximum atomic E-state index is 4.26. The maximum absolute atomic E-state index is 4.26. The SMILES string of the molecule is C=C(C(C)CC)C(CCC)CCC. The molecular weight excluding hydrogens is 156 g/mol. The van der Waals surface area contributed by atoms with Crippen LogP contribution in [0.1, 0.15) is 59.8 Å². The molecule has 78 valence electrons. The zero-order valence-corrected chi connectivity index (χ0v) is 9.90. The van der Waals surface area contributed by atoms with Crippen molar-refractivity contribution in [2.45, 2.75) is 59.8 Å². The van der Waals surface area contributed by atoms with E-state index in [1.54, 1.807) is 0 Å². The molecule has 0 aromatic heterocycles. The summed E-state index contributed by atoms with van der Waals surface area (Å²) in [4.78, 5) is 0. The highest BCUT2D eigenvalue weighted by Crippen LogP contribution is 2.28. The van der Waals surface area contributed by atoms with Crippen LogP contribution in [0.4, 0.5) is 0 Å². The summed E-state index contributed by atoms with van der Waals surface area (Å²) in [6.07, 6.45) is 6.48. The third-order valence-electron chi connectivity index (χ3n) is 3.04. The normalized spacial score (nSPS) is 13.3. The lowest BCUT2D eigenvalue weighted by Crippen LogP contribution is -2.09. The van der Waals surface area contributed by atoms with Crippen molar-refractivity contribution in [3.63, 3.8) is 0 Å². The fraction of sp³-hybridized carbons (Fsp3) is 0.846.